The van der Waals surface area contributed by atoms with Crippen molar-refractivity contribution in [2.45, 2.75) is 19.0 Å². The molecule has 0 aliphatic carbocycles. The SMILES string of the molecule is [C-]#[N+]c1cnn(CCCN2CCN(c3ccc(Cl)cc3Cl)C(c3ccc(Cl)cc3)C2)c1N. The van der Waals surface area contributed by atoms with Crippen molar-refractivity contribution in [1.82, 2.24) is 14.7 Å². The summed E-state index contributed by atoms with van der Waals surface area (Å²) >= 11 is 18.8. The zero-order valence-electron chi connectivity index (χ0n) is 17.4. The topological polar surface area (TPSA) is 54.7 Å². The van der Waals surface area contributed by atoms with E-state index in [1.807, 2.05) is 24.3 Å². The highest BCUT2D eigenvalue weighted by molar-refractivity contribution is 6.36. The molecule has 166 valence electrons. The quantitative estimate of drug-likeness (QED) is 0.436. The van der Waals surface area contributed by atoms with Gasteiger partial charge < -0.3 is 10.6 Å². The van der Waals surface area contributed by atoms with Crippen LogP contribution in [0, 0.1) is 6.57 Å². The van der Waals surface area contributed by atoms with E-state index >= 15 is 0 Å². The van der Waals surface area contributed by atoms with Crippen molar-refractivity contribution < 1.29 is 0 Å². The number of nitrogens with zero attached hydrogens (tertiary/aromatic N) is 5. The van der Waals surface area contributed by atoms with Gasteiger partial charge in [0.25, 0.3) is 0 Å². The number of aromatic nitrogens is 2. The van der Waals surface area contributed by atoms with Crippen molar-refractivity contribution in [2.24, 2.45) is 0 Å². The highest BCUT2D eigenvalue weighted by atomic mass is 35.5. The molecule has 1 aliphatic rings. The number of piperazine rings is 1. The highest BCUT2D eigenvalue weighted by Gasteiger charge is 2.29. The van der Waals surface area contributed by atoms with Crippen molar-refractivity contribution in [3.05, 3.63) is 80.7 Å². The minimum Gasteiger partial charge on any atom is -0.393 e. The maximum Gasteiger partial charge on any atom is 0.247 e. The number of nitrogen functional groups attached to an aromatic ring is 1. The molecule has 1 aliphatic heterocycles. The average molecular weight is 490 g/mol. The van der Waals surface area contributed by atoms with Crippen LogP contribution in [0.1, 0.15) is 18.0 Å². The lowest BCUT2D eigenvalue weighted by Gasteiger charge is -2.43. The van der Waals surface area contributed by atoms with Gasteiger partial charge in [-0.3, -0.25) is 9.58 Å². The largest absolute Gasteiger partial charge is 0.393 e. The fourth-order valence-corrected chi connectivity index (χ4v) is 4.75. The van der Waals surface area contributed by atoms with E-state index in [0.29, 0.717) is 33.1 Å². The monoisotopic (exact) mass is 488 g/mol. The van der Waals surface area contributed by atoms with Crippen molar-refractivity contribution in [1.29, 1.82) is 0 Å². The summed E-state index contributed by atoms with van der Waals surface area (Å²) in [6, 6.07) is 13.8. The molecule has 2 aromatic carbocycles. The third-order valence-corrected chi connectivity index (χ3v) is 6.55. The van der Waals surface area contributed by atoms with Gasteiger partial charge in [0.2, 0.25) is 5.69 Å². The normalized spacial score (nSPS) is 16.8. The lowest BCUT2D eigenvalue weighted by Crippen LogP contribution is -2.49. The van der Waals surface area contributed by atoms with Gasteiger partial charge >= 0.3 is 0 Å². The predicted octanol–water partition coefficient (Wildman–Crippen LogP) is 5.93. The van der Waals surface area contributed by atoms with Crippen LogP contribution in [0.15, 0.2) is 48.7 Å². The summed E-state index contributed by atoms with van der Waals surface area (Å²) in [5.74, 6) is 0.432. The zero-order chi connectivity index (χ0) is 22.7. The first-order valence-electron chi connectivity index (χ1n) is 10.3. The zero-order valence-corrected chi connectivity index (χ0v) is 19.7. The van der Waals surface area contributed by atoms with Crippen LogP contribution in [0.3, 0.4) is 0 Å². The third kappa shape index (κ3) is 4.97. The fraction of sp³-hybridized carbons (Fsp3) is 0.304. The van der Waals surface area contributed by atoms with Crippen LogP contribution in [0.4, 0.5) is 17.2 Å². The Bertz CT molecular complexity index is 1120. The number of rotatable bonds is 6. The second-order valence-corrected chi connectivity index (χ2v) is 9.04. The van der Waals surface area contributed by atoms with Crippen molar-refractivity contribution in [3.8, 4) is 0 Å². The molecular weight excluding hydrogens is 467 g/mol. The second-order valence-electron chi connectivity index (χ2n) is 7.76. The number of aryl methyl sites for hydroxylation is 1. The Morgan fingerprint density at radius 3 is 2.47 bits per heavy atom. The summed E-state index contributed by atoms with van der Waals surface area (Å²) in [6.07, 6.45) is 2.41. The van der Waals surface area contributed by atoms with Gasteiger partial charge in [-0.05, 0) is 42.3 Å². The van der Waals surface area contributed by atoms with Crippen molar-refractivity contribution >= 4 is 52.0 Å². The van der Waals surface area contributed by atoms with E-state index in [4.69, 9.17) is 47.1 Å². The number of benzene rings is 2. The van der Waals surface area contributed by atoms with Gasteiger partial charge in [-0.25, -0.2) is 4.85 Å². The number of anilines is 2. The summed E-state index contributed by atoms with van der Waals surface area (Å²) < 4.78 is 1.70. The van der Waals surface area contributed by atoms with Crippen molar-refractivity contribution in [2.75, 3.05) is 36.8 Å². The molecule has 0 radical (unpaired) electrons. The Morgan fingerprint density at radius 2 is 1.78 bits per heavy atom. The Balaban J connectivity index is 1.49. The molecule has 2 heterocycles. The summed E-state index contributed by atoms with van der Waals surface area (Å²) in [7, 11) is 0. The van der Waals surface area contributed by atoms with Gasteiger partial charge in [-0.1, -0.05) is 46.9 Å². The Morgan fingerprint density at radius 1 is 1.03 bits per heavy atom. The predicted molar refractivity (Wildman–Crippen MR) is 132 cm³/mol. The van der Waals surface area contributed by atoms with Crippen molar-refractivity contribution in [3.63, 3.8) is 0 Å². The molecule has 32 heavy (non-hydrogen) atoms. The van der Waals surface area contributed by atoms with Gasteiger partial charge in [-0.15, -0.1) is 0 Å². The average Bonchev–Trinajstić information content (AvgIpc) is 3.14. The lowest BCUT2D eigenvalue weighted by molar-refractivity contribution is 0.217. The number of nitrogens with two attached hydrogens (primary N) is 1. The molecule has 0 amide bonds. The molecule has 3 aromatic rings. The first kappa shape index (κ1) is 22.8. The van der Waals surface area contributed by atoms with Crippen LogP contribution >= 0.6 is 34.8 Å². The minimum atomic E-state index is 0.128. The standard InChI is InChI=1S/C23H23Cl3N6/c1-28-20-14-29-32(23(20)27)10-2-9-30-11-12-31(21-8-7-18(25)13-19(21)26)22(15-30)16-3-5-17(24)6-4-16/h3-8,13-14,22H,2,9-12,15,27H2. The van der Waals surface area contributed by atoms with E-state index in [0.717, 1.165) is 38.3 Å². The first-order chi connectivity index (χ1) is 15.5. The molecule has 0 bridgehead atoms. The summed E-state index contributed by atoms with van der Waals surface area (Å²) in [5.41, 5.74) is 8.55. The van der Waals surface area contributed by atoms with E-state index in [1.54, 1.807) is 10.7 Å². The molecule has 6 nitrogen and oxygen atoms in total. The first-order valence-corrected chi connectivity index (χ1v) is 11.5. The van der Waals surface area contributed by atoms with Gasteiger partial charge in [0.15, 0.2) is 0 Å². The molecule has 1 atom stereocenters. The summed E-state index contributed by atoms with van der Waals surface area (Å²) in [4.78, 5) is 8.16. The Kier molecular flexibility index (Phi) is 7.12. The van der Waals surface area contributed by atoms with Gasteiger partial charge in [0, 0.05) is 42.8 Å². The molecule has 2 N–H and O–H groups in total. The molecule has 0 spiro atoms. The Labute approximate surface area is 202 Å². The van der Waals surface area contributed by atoms with Crippen LogP contribution in [0.2, 0.25) is 15.1 Å². The minimum absolute atomic E-state index is 0.128. The third-order valence-electron chi connectivity index (χ3n) is 5.76. The number of hydrogen-bond donors (Lipinski definition) is 1. The van der Waals surface area contributed by atoms with Crippen LogP contribution in [-0.4, -0.2) is 40.9 Å². The van der Waals surface area contributed by atoms with E-state index < -0.39 is 0 Å². The van der Waals surface area contributed by atoms with Gasteiger partial charge in [0.05, 0.1) is 29.5 Å². The van der Waals surface area contributed by atoms with E-state index in [9.17, 15) is 0 Å². The van der Waals surface area contributed by atoms with Crippen LogP contribution in [0.5, 0.6) is 0 Å². The van der Waals surface area contributed by atoms with E-state index in [2.05, 4.69) is 31.9 Å². The van der Waals surface area contributed by atoms with E-state index in [1.165, 1.54) is 11.8 Å². The molecule has 0 saturated carbocycles. The maximum absolute atomic E-state index is 7.12. The number of hydrogen-bond acceptors (Lipinski definition) is 4. The maximum atomic E-state index is 7.12. The van der Waals surface area contributed by atoms with Gasteiger partial charge in [0.1, 0.15) is 5.82 Å². The molecular formula is C23H23Cl3N6. The smallest absolute Gasteiger partial charge is 0.247 e. The highest BCUT2D eigenvalue weighted by Crippen LogP contribution is 2.36. The molecule has 1 saturated heterocycles. The van der Waals surface area contributed by atoms with Crippen LogP contribution in [0.25, 0.3) is 4.85 Å². The van der Waals surface area contributed by atoms with Crippen LogP contribution < -0.4 is 10.6 Å². The summed E-state index contributed by atoms with van der Waals surface area (Å²) in [6.45, 7) is 11.3. The molecule has 1 aromatic heterocycles. The van der Waals surface area contributed by atoms with Gasteiger partial charge in [-0.2, -0.15) is 5.10 Å². The molecule has 4 rings (SSSR count). The van der Waals surface area contributed by atoms with E-state index in [-0.39, 0.29) is 6.04 Å². The molecule has 1 fully saturated rings. The number of halogens is 3. The fourth-order valence-electron chi connectivity index (χ4n) is 4.11. The molecule has 9 heteroatoms. The lowest BCUT2D eigenvalue weighted by atomic mass is 10.0. The van der Waals surface area contributed by atoms with Crippen LogP contribution in [-0.2, 0) is 6.54 Å². The Hall–Kier alpha value is -2.43. The molecule has 1 unspecified atom stereocenters. The second kappa shape index (κ2) is 10.0. The summed E-state index contributed by atoms with van der Waals surface area (Å²) in [5, 5.41) is 6.21.